The van der Waals surface area contributed by atoms with Crippen molar-refractivity contribution in [2.24, 2.45) is 7.05 Å². The first kappa shape index (κ1) is 14.0. The van der Waals surface area contributed by atoms with E-state index in [0.717, 1.165) is 18.4 Å². The van der Waals surface area contributed by atoms with Gasteiger partial charge in [-0.05, 0) is 52.3 Å². The topological polar surface area (TPSA) is 52.8 Å². The van der Waals surface area contributed by atoms with E-state index < -0.39 is 0 Å². The van der Waals surface area contributed by atoms with Crippen LogP contribution >= 0.6 is 0 Å². The van der Waals surface area contributed by atoms with E-state index in [1.54, 1.807) is 19.2 Å². The van der Waals surface area contributed by atoms with Crippen molar-refractivity contribution in [3.05, 3.63) is 29.1 Å². The Labute approximate surface area is 123 Å². The number of ether oxygens (including phenoxy) is 1. The second kappa shape index (κ2) is 4.79. The number of hydrogen-bond donors (Lipinski definition) is 0. The number of hydrogen-bond acceptors (Lipinski definition) is 4. The first-order chi connectivity index (χ1) is 9.86. The van der Waals surface area contributed by atoms with Gasteiger partial charge in [-0.1, -0.05) is 25.9 Å². The van der Waals surface area contributed by atoms with E-state index in [0.29, 0.717) is 23.2 Å². The zero-order valence-electron chi connectivity index (χ0n) is 12.7. The van der Waals surface area contributed by atoms with Crippen LogP contribution in [0.4, 0.5) is 4.39 Å². The summed E-state index contributed by atoms with van der Waals surface area (Å²) in [6.45, 7) is 5.95. The highest BCUT2D eigenvalue weighted by molar-refractivity contribution is 5.45. The monoisotopic (exact) mass is 290 g/mol. The minimum Gasteiger partial charge on any atom is -0.423 e. The number of nitrogens with zero attached hydrogens (tertiary/aromatic N) is 4. The lowest BCUT2D eigenvalue weighted by atomic mass is 9.85. The second-order valence-corrected chi connectivity index (χ2v) is 6.58. The van der Waals surface area contributed by atoms with Crippen molar-refractivity contribution < 1.29 is 9.13 Å². The fraction of sp³-hybridized carbons (Fsp3) is 0.533. The predicted octanol–water partition coefficient (Wildman–Crippen LogP) is 3.32. The van der Waals surface area contributed by atoms with Gasteiger partial charge >= 0.3 is 6.01 Å². The standard InChI is InChI=1S/C15H19FN4O/c1-15(2,3)11-8-13(21-14-17-18-19-20(14)4)10(7-12(11)16)9-5-6-9/h7-9H,5-6H2,1-4H3. The van der Waals surface area contributed by atoms with Gasteiger partial charge < -0.3 is 4.74 Å². The Balaban J connectivity index is 2.06. The van der Waals surface area contributed by atoms with Gasteiger partial charge in [-0.2, -0.15) is 4.68 Å². The molecular formula is C15H19FN4O. The molecule has 0 radical (unpaired) electrons. The van der Waals surface area contributed by atoms with Crippen LogP contribution < -0.4 is 4.74 Å². The van der Waals surface area contributed by atoms with Gasteiger partial charge in [-0.15, -0.1) is 0 Å². The lowest BCUT2D eigenvalue weighted by Crippen LogP contribution is -2.14. The molecule has 1 aliphatic carbocycles. The van der Waals surface area contributed by atoms with Gasteiger partial charge in [0.2, 0.25) is 0 Å². The van der Waals surface area contributed by atoms with Crippen LogP contribution in [0.1, 0.15) is 50.7 Å². The highest BCUT2D eigenvalue weighted by Crippen LogP contribution is 2.46. The quantitative estimate of drug-likeness (QED) is 0.870. The van der Waals surface area contributed by atoms with Crippen molar-refractivity contribution in [1.29, 1.82) is 0 Å². The second-order valence-electron chi connectivity index (χ2n) is 6.58. The van der Waals surface area contributed by atoms with Crippen LogP contribution in [0.3, 0.4) is 0 Å². The largest absolute Gasteiger partial charge is 0.423 e. The molecule has 0 spiro atoms. The molecular weight excluding hydrogens is 271 g/mol. The van der Waals surface area contributed by atoms with Gasteiger partial charge in [0, 0.05) is 12.6 Å². The van der Waals surface area contributed by atoms with Crippen molar-refractivity contribution in [3.8, 4) is 11.8 Å². The first-order valence-corrected chi connectivity index (χ1v) is 7.10. The van der Waals surface area contributed by atoms with Gasteiger partial charge in [0.1, 0.15) is 11.6 Å². The molecule has 0 amide bonds. The Morgan fingerprint density at radius 3 is 2.52 bits per heavy atom. The summed E-state index contributed by atoms with van der Waals surface area (Å²) in [7, 11) is 1.71. The molecule has 1 saturated carbocycles. The molecule has 0 unspecified atom stereocenters. The Morgan fingerprint density at radius 1 is 1.29 bits per heavy atom. The summed E-state index contributed by atoms with van der Waals surface area (Å²) in [5.41, 5.74) is 1.25. The molecule has 1 fully saturated rings. The molecule has 21 heavy (non-hydrogen) atoms. The molecule has 3 rings (SSSR count). The molecule has 1 aromatic carbocycles. The number of aromatic nitrogens is 4. The highest BCUT2D eigenvalue weighted by Gasteiger charge is 2.30. The molecule has 0 aliphatic heterocycles. The normalized spacial score (nSPS) is 15.3. The van der Waals surface area contributed by atoms with Crippen molar-refractivity contribution in [2.75, 3.05) is 0 Å². The van der Waals surface area contributed by atoms with Crippen molar-refractivity contribution in [1.82, 2.24) is 20.2 Å². The lowest BCUT2D eigenvalue weighted by molar-refractivity contribution is 0.405. The summed E-state index contributed by atoms with van der Waals surface area (Å²) >= 11 is 0. The van der Waals surface area contributed by atoms with Crippen molar-refractivity contribution in [2.45, 2.75) is 44.9 Å². The predicted molar refractivity (Wildman–Crippen MR) is 75.9 cm³/mol. The fourth-order valence-electron chi connectivity index (χ4n) is 2.35. The van der Waals surface area contributed by atoms with E-state index in [1.165, 1.54) is 4.68 Å². The minimum absolute atomic E-state index is 0.173. The molecule has 0 atom stereocenters. The Morgan fingerprint density at radius 2 is 2.00 bits per heavy atom. The molecule has 5 nitrogen and oxygen atoms in total. The van der Waals surface area contributed by atoms with E-state index in [2.05, 4.69) is 15.5 Å². The highest BCUT2D eigenvalue weighted by atomic mass is 19.1. The summed E-state index contributed by atoms with van der Waals surface area (Å²) < 4.78 is 21.7. The zero-order chi connectivity index (χ0) is 15.2. The first-order valence-electron chi connectivity index (χ1n) is 7.10. The third kappa shape index (κ3) is 2.75. The van der Waals surface area contributed by atoms with E-state index >= 15 is 0 Å². The van der Waals surface area contributed by atoms with Crippen LogP contribution in [0, 0.1) is 5.82 Å². The van der Waals surface area contributed by atoms with Gasteiger partial charge in [-0.3, -0.25) is 0 Å². The molecule has 2 aromatic rings. The van der Waals surface area contributed by atoms with E-state index in [1.807, 2.05) is 20.8 Å². The molecule has 6 heteroatoms. The van der Waals surface area contributed by atoms with Crippen molar-refractivity contribution >= 4 is 0 Å². The van der Waals surface area contributed by atoms with Gasteiger partial charge in [0.25, 0.3) is 0 Å². The van der Waals surface area contributed by atoms with Crippen LogP contribution in [0.5, 0.6) is 11.8 Å². The van der Waals surface area contributed by atoms with E-state index in [4.69, 9.17) is 4.74 Å². The third-order valence-corrected chi connectivity index (χ3v) is 3.71. The molecule has 1 aliphatic rings. The van der Waals surface area contributed by atoms with E-state index in [9.17, 15) is 4.39 Å². The number of tetrazole rings is 1. The summed E-state index contributed by atoms with van der Waals surface area (Å²) in [6.07, 6.45) is 2.14. The molecule has 0 bridgehead atoms. The van der Waals surface area contributed by atoms with Gasteiger partial charge in [0.15, 0.2) is 0 Å². The number of aryl methyl sites for hydroxylation is 1. The Kier molecular flexibility index (Phi) is 3.19. The van der Waals surface area contributed by atoms with Gasteiger partial charge in [0.05, 0.1) is 0 Å². The third-order valence-electron chi connectivity index (χ3n) is 3.71. The number of rotatable bonds is 3. The summed E-state index contributed by atoms with van der Waals surface area (Å²) in [5.74, 6) is 0.860. The van der Waals surface area contributed by atoms with Crippen LogP contribution in [0.25, 0.3) is 0 Å². The fourth-order valence-corrected chi connectivity index (χ4v) is 2.35. The molecule has 0 N–H and O–H groups in total. The summed E-state index contributed by atoms with van der Waals surface area (Å²) in [4.78, 5) is 0. The maximum absolute atomic E-state index is 14.4. The maximum Gasteiger partial charge on any atom is 0.340 e. The Bertz CT molecular complexity index is 671. The van der Waals surface area contributed by atoms with Crippen LogP contribution in [-0.4, -0.2) is 20.2 Å². The molecule has 112 valence electrons. The average molecular weight is 290 g/mol. The number of halogens is 1. The average Bonchev–Trinajstić information content (AvgIpc) is 3.15. The summed E-state index contributed by atoms with van der Waals surface area (Å²) in [5, 5.41) is 11.1. The van der Waals surface area contributed by atoms with Crippen LogP contribution in [-0.2, 0) is 12.5 Å². The molecule has 1 heterocycles. The van der Waals surface area contributed by atoms with Crippen LogP contribution in [0.15, 0.2) is 12.1 Å². The molecule has 0 saturated heterocycles. The maximum atomic E-state index is 14.4. The number of benzene rings is 1. The zero-order valence-corrected chi connectivity index (χ0v) is 12.7. The lowest BCUT2D eigenvalue weighted by Gasteiger charge is -2.22. The van der Waals surface area contributed by atoms with Crippen LogP contribution in [0.2, 0.25) is 0 Å². The molecule has 1 aromatic heterocycles. The van der Waals surface area contributed by atoms with Crippen molar-refractivity contribution in [3.63, 3.8) is 0 Å². The SMILES string of the molecule is Cn1nnnc1Oc1cc(C(C)(C)C)c(F)cc1C1CC1. The minimum atomic E-state index is -0.289. The van der Waals surface area contributed by atoms with Gasteiger partial charge in [-0.25, -0.2) is 4.39 Å². The Hall–Kier alpha value is -1.98. The smallest absolute Gasteiger partial charge is 0.340 e. The summed E-state index contributed by atoms with van der Waals surface area (Å²) in [6, 6.07) is 3.71. The van der Waals surface area contributed by atoms with E-state index in [-0.39, 0.29) is 11.2 Å².